The molecule has 0 unspecified atom stereocenters. The third-order valence-electron chi connectivity index (χ3n) is 13.9. The molecule has 0 amide bonds. The van der Waals surface area contributed by atoms with Gasteiger partial charge in [-0.15, -0.1) is 0 Å². The van der Waals surface area contributed by atoms with Crippen molar-refractivity contribution in [1.82, 2.24) is 19.5 Å². The number of rotatable bonds is 6. The van der Waals surface area contributed by atoms with Crippen LogP contribution in [0, 0.1) is 0 Å². The van der Waals surface area contributed by atoms with Gasteiger partial charge in [0, 0.05) is 50.3 Å². The summed E-state index contributed by atoms with van der Waals surface area (Å²) in [5.41, 5.74) is 17.8. The van der Waals surface area contributed by atoms with Gasteiger partial charge in [0.1, 0.15) is 11.6 Å². The monoisotopic (exact) mass is 905 g/mol. The number of fused-ring (bicyclic) bond motifs is 4. The summed E-state index contributed by atoms with van der Waals surface area (Å²) in [5.74, 6) is 0.954. The first-order chi connectivity index (χ1) is 32.6. The summed E-state index contributed by atoms with van der Waals surface area (Å²) >= 11 is 0. The molecule has 0 saturated carbocycles. The Balaban J connectivity index is 1.25. The van der Waals surface area contributed by atoms with E-state index in [1.54, 1.807) is 0 Å². The zero-order valence-electron chi connectivity index (χ0n) is 42.3. The van der Waals surface area contributed by atoms with Crippen LogP contribution >= 0.6 is 0 Å². The van der Waals surface area contributed by atoms with Gasteiger partial charge in [-0.25, -0.2) is 4.98 Å². The Morgan fingerprint density at radius 2 is 1.12 bits per heavy atom. The van der Waals surface area contributed by atoms with E-state index in [1.165, 1.54) is 21.9 Å². The number of H-pyrrole nitrogens is 1. The number of pyridine rings is 1. The van der Waals surface area contributed by atoms with E-state index in [1.807, 2.05) is 6.20 Å². The summed E-state index contributed by atoms with van der Waals surface area (Å²) in [4.78, 5) is 14.5. The number of nitrogens with one attached hydrogen (secondary N) is 1. The molecule has 69 heavy (non-hydrogen) atoms. The van der Waals surface area contributed by atoms with Crippen molar-refractivity contribution in [3.8, 4) is 67.5 Å². The zero-order valence-corrected chi connectivity index (χ0v) is 42.3. The quantitative estimate of drug-likeness (QED) is 0.175. The van der Waals surface area contributed by atoms with E-state index in [4.69, 9.17) is 9.97 Å². The summed E-state index contributed by atoms with van der Waals surface area (Å²) in [5, 5.41) is 15.1. The van der Waals surface area contributed by atoms with Crippen LogP contribution in [0.3, 0.4) is 0 Å². The zero-order chi connectivity index (χ0) is 48.8. The second-order valence-corrected chi connectivity index (χ2v) is 23.1. The van der Waals surface area contributed by atoms with Gasteiger partial charge in [0.15, 0.2) is 0 Å². The van der Waals surface area contributed by atoms with E-state index in [9.17, 15) is 5.11 Å². The van der Waals surface area contributed by atoms with E-state index in [2.05, 4.69) is 244 Å². The summed E-state index contributed by atoms with van der Waals surface area (Å²) < 4.78 is 2.31. The number of imidazole rings is 1. The Bertz CT molecular complexity index is 3600. The molecule has 0 atom stereocenters. The van der Waals surface area contributed by atoms with E-state index in [0.717, 1.165) is 83.5 Å². The van der Waals surface area contributed by atoms with Gasteiger partial charge in [-0.1, -0.05) is 186 Å². The Morgan fingerprint density at radius 3 is 1.84 bits per heavy atom. The Morgan fingerprint density at radius 1 is 0.464 bits per heavy atom. The molecule has 5 heteroatoms. The van der Waals surface area contributed by atoms with Crippen LogP contribution in [0.15, 0.2) is 158 Å². The van der Waals surface area contributed by atoms with Gasteiger partial charge < -0.3 is 10.1 Å². The smallest absolute Gasteiger partial charge is 0.149 e. The van der Waals surface area contributed by atoms with E-state index < -0.39 is 0 Å². The Labute approximate surface area is 408 Å². The minimum absolute atomic E-state index is 0.128. The van der Waals surface area contributed by atoms with Gasteiger partial charge in [0.2, 0.25) is 0 Å². The highest BCUT2D eigenvalue weighted by Crippen LogP contribution is 2.47. The average molecular weight is 905 g/mol. The normalized spacial score (nSPS) is 12.7. The van der Waals surface area contributed by atoms with Crippen molar-refractivity contribution in [1.29, 1.82) is 0 Å². The fourth-order valence-electron chi connectivity index (χ4n) is 9.84. The number of aromatic nitrogens is 4. The van der Waals surface area contributed by atoms with Gasteiger partial charge in [-0.3, -0.25) is 9.55 Å². The molecule has 0 aliphatic carbocycles. The van der Waals surface area contributed by atoms with Crippen LogP contribution in [0.4, 0.5) is 0 Å². The second-order valence-electron chi connectivity index (χ2n) is 23.1. The first kappa shape index (κ1) is 45.5. The Kier molecular flexibility index (Phi) is 10.9. The molecule has 5 nitrogen and oxygen atoms in total. The maximum Gasteiger partial charge on any atom is 0.149 e. The molecule has 0 aliphatic heterocycles. The molecule has 7 aromatic carbocycles. The lowest BCUT2D eigenvalue weighted by atomic mass is 9.79. The predicted octanol–water partition coefficient (Wildman–Crippen LogP) is 17.3. The molecule has 0 bridgehead atoms. The highest BCUT2D eigenvalue weighted by atomic mass is 16.3. The molecule has 0 aliphatic rings. The standard InChI is InChI=1S/C64H64N4O/c1-61(2,3)43-28-29-46(39-20-14-13-15-21-39)56(38-43)68-55-27-19-24-48(58(55)67-60(68)51-36-45(63(7,8)9)37-52(59(51)69)64(10,11)12)41-32-42(34-44(33-41)62(4,5)6)54-35-40(30-31-65-54)47-23-18-25-50-49-22-16-17-26-53(49)66-57(47)50/h13-38,66,69H,1-12H3. The molecule has 3 aromatic heterocycles. The number of hydrogen-bond acceptors (Lipinski definition) is 3. The SMILES string of the molecule is CC(C)(C)c1cc(-c2cc(-c3cccc4c3[nH]c3ccccc34)ccn2)cc(-c2cccc3c2nc(-c2cc(C(C)(C)C)cc(C(C)(C)C)c2O)n3-c2cc(C(C)(C)C)ccc2-c2ccccc2)c1. The van der Waals surface area contributed by atoms with Crippen molar-refractivity contribution < 1.29 is 5.11 Å². The third kappa shape index (κ3) is 8.32. The molecule has 0 saturated heterocycles. The van der Waals surface area contributed by atoms with Crippen LogP contribution in [0.2, 0.25) is 0 Å². The van der Waals surface area contributed by atoms with Crippen molar-refractivity contribution in [2.75, 3.05) is 0 Å². The predicted molar refractivity (Wildman–Crippen MR) is 292 cm³/mol. The molecule has 0 fully saturated rings. The number of phenolic OH excluding ortho intramolecular Hbond substituents is 1. The summed E-state index contributed by atoms with van der Waals surface area (Å²) in [6.07, 6.45) is 1.93. The maximum atomic E-state index is 12.6. The van der Waals surface area contributed by atoms with Gasteiger partial charge in [0.05, 0.1) is 33.5 Å². The highest BCUT2D eigenvalue weighted by molar-refractivity contribution is 6.12. The molecule has 2 N–H and O–H groups in total. The molecule has 0 radical (unpaired) electrons. The minimum Gasteiger partial charge on any atom is -0.507 e. The number of aromatic amines is 1. The summed E-state index contributed by atoms with van der Waals surface area (Å²) in [7, 11) is 0. The number of phenols is 1. The lowest BCUT2D eigenvalue weighted by Crippen LogP contribution is -2.17. The van der Waals surface area contributed by atoms with Crippen molar-refractivity contribution in [2.45, 2.75) is 105 Å². The van der Waals surface area contributed by atoms with Gasteiger partial charge in [-0.05, 0) is 104 Å². The van der Waals surface area contributed by atoms with Crippen LogP contribution in [-0.4, -0.2) is 24.6 Å². The lowest BCUT2D eigenvalue weighted by Gasteiger charge is -2.28. The van der Waals surface area contributed by atoms with E-state index in [0.29, 0.717) is 11.4 Å². The fourth-order valence-corrected chi connectivity index (χ4v) is 9.84. The molecule has 0 spiro atoms. The lowest BCUT2D eigenvalue weighted by molar-refractivity contribution is 0.446. The van der Waals surface area contributed by atoms with Crippen LogP contribution < -0.4 is 0 Å². The highest BCUT2D eigenvalue weighted by Gasteiger charge is 2.30. The minimum atomic E-state index is -0.333. The van der Waals surface area contributed by atoms with Gasteiger partial charge >= 0.3 is 0 Å². The van der Waals surface area contributed by atoms with Crippen molar-refractivity contribution in [2.24, 2.45) is 0 Å². The van der Waals surface area contributed by atoms with Crippen molar-refractivity contribution in [3.63, 3.8) is 0 Å². The largest absolute Gasteiger partial charge is 0.507 e. The fraction of sp³-hybridized carbons (Fsp3) is 0.250. The summed E-state index contributed by atoms with van der Waals surface area (Å²) in [6.45, 7) is 26.8. The number of aromatic hydroxyl groups is 1. The van der Waals surface area contributed by atoms with Crippen LogP contribution in [0.25, 0.3) is 94.6 Å². The molecule has 3 heterocycles. The molecule has 10 aromatic rings. The van der Waals surface area contributed by atoms with Crippen molar-refractivity contribution >= 4 is 32.8 Å². The van der Waals surface area contributed by atoms with Crippen LogP contribution in [-0.2, 0) is 21.7 Å². The number of nitrogens with zero attached hydrogens (tertiary/aromatic N) is 3. The number of para-hydroxylation sites is 3. The topological polar surface area (TPSA) is 66.7 Å². The van der Waals surface area contributed by atoms with Crippen LogP contribution in [0.1, 0.15) is 105 Å². The maximum absolute atomic E-state index is 12.6. The van der Waals surface area contributed by atoms with E-state index >= 15 is 0 Å². The number of benzene rings is 7. The number of hydrogen-bond donors (Lipinski definition) is 2. The molecule has 10 rings (SSSR count). The second kappa shape index (κ2) is 16.5. The first-order valence-corrected chi connectivity index (χ1v) is 24.4. The first-order valence-electron chi connectivity index (χ1n) is 24.4. The molecule has 346 valence electrons. The van der Waals surface area contributed by atoms with Gasteiger partial charge in [-0.2, -0.15) is 0 Å². The van der Waals surface area contributed by atoms with Crippen LogP contribution in [0.5, 0.6) is 5.75 Å². The van der Waals surface area contributed by atoms with E-state index in [-0.39, 0.29) is 27.4 Å². The molecular weight excluding hydrogens is 841 g/mol. The molecular formula is C64H64N4O. The summed E-state index contributed by atoms with van der Waals surface area (Å²) in [6, 6.07) is 54.7. The van der Waals surface area contributed by atoms with Gasteiger partial charge in [0.25, 0.3) is 0 Å². The third-order valence-corrected chi connectivity index (χ3v) is 13.9. The van der Waals surface area contributed by atoms with Crippen molar-refractivity contribution in [3.05, 3.63) is 180 Å². The average Bonchev–Trinajstić information content (AvgIpc) is 3.89. The Hall–Kier alpha value is -7.24.